The van der Waals surface area contributed by atoms with Crippen molar-refractivity contribution >= 4 is 69.1 Å². The Balaban J connectivity index is 1.49. The first-order valence-corrected chi connectivity index (χ1v) is 15.2. The number of phenols is 1. The Morgan fingerprint density at radius 2 is 1.88 bits per heavy atom. The van der Waals surface area contributed by atoms with Gasteiger partial charge in [0, 0.05) is 47.9 Å². The molecule has 1 atom stereocenters. The van der Waals surface area contributed by atoms with Crippen LogP contribution in [0.4, 0.5) is 15.3 Å². The van der Waals surface area contributed by atoms with Crippen LogP contribution in [0.1, 0.15) is 58.9 Å². The van der Waals surface area contributed by atoms with Crippen molar-refractivity contribution in [2.45, 2.75) is 39.2 Å². The van der Waals surface area contributed by atoms with E-state index in [0.29, 0.717) is 33.3 Å². The summed E-state index contributed by atoms with van der Waals surface area (Å²) in [7, 11) is 2.54. The molecule has 4 N–H and O–H groups in total. The SMILES string of the molecule is COC(=O)c1c(C)[nH]c2c(OC(=O)N(C)CC(=O)NNC(=O)OC(C)(C)C)cc3c(c12)[C@H](CCl)CN3C(=O)c1cc2cc(O)ccc2o1. The van der Waals surface area contributed by atoms with Crippen LogP contribution in [0.3, 0.4) is 0 Å². The molecule has 2 aromatic heterocycles. The third-order valence-corrected chi connectivity index (χ3v) is 7.85. The number of carbonyl (C=O) groups excluding carboxylic acids is 5. The van der Waals surface area contributed by atoms with Gasteiger partial charge in [-0.15, -0.1) is 11.6 Å². The van der Waals surface area contributed by atoms with Crippen LogP contribution in [0, 0.1) is 6.92 Å². The van der Waals surface area contributed by atoms with Crippen LogP contribution >= 0.6 is 11.6 Å². The number of likely N-dealkylation sites (N-methyl/N-ethyl adjacent to an activating group) is 1. The number of aromatic nitrogens is 1. The molecule has 2 aromatic carbocycles. The van der Waals surface area contributed by atoms with E-state index < -0.39 is 48.0 Å². The number of anilines is 1. The number of hydrazine groups is 1. The number of H-pyrrole nitrogens is 1. The topological polar surface area (TPSA) is 193 Å². The fourth-order valence-corrected chi connectivity index (χ4v) is 5.72. The molecule has 0 aliphatic carbocycles. The summed E-state index contributed by atoms with van der Waals surface area (Å²) >= 11 is 6.42. The van der Waals surface area contributed by atoms with E-state index in [1.54, 1.807) is 27.7 Å². The molecule has 0 fully saturated rings. The van der Waals surface area contributed by atoms with Crippen molar-refractivity contribution in [2.24, 2.45) is 0 Å². The number of hydrogen-bond acceptors (Lipinski definition) is 10. The van der Waals surface area contributed by atoms with E-state index >= 15 is 0 Å². The van der Waals surface area contributed by atoms with Crippen LogP contribution in [0.2, 0.25) is 0 Å². The Morgan fingerprint density at radius 3 is 2.54 bits per heavy atom. The quantitative estimate of drug-likeness (QED) is 0.126. The summed E-state index contributed by atoms with van der Waals surface area (Å²) in [5.74, 6) is -2.35. The number of aromatic hydroxyl groups is 1. The number of rotatable bonds is 6. The van der Waals surface area contributed by atoms with Crippen molar-refractivity contribution in [2.75, 3.05) is 38.0 Å². The summed E-state index contributed by atoms with van der Waals surface area (Å²) in [6.07, 6.45) is -1.85. The van der Waals surface area contributed by atoms with E-state index in [-0.39, 0.29) is 40.8 Å². The summed E-state index contributed by atoms with van der Waals surface area (Å²) < 4.78 is 21.7. The maximum absolute atomic E-state index is 13.9. The third kappa shape index (κ3) is 6.67. The number of ether oxygens (including phenoxy) is 3. The number of furan rings is 1. The van der Waals surface area contributed by atoms with Gasteiger partial charge in [0.15, 0.2) is 11.5 Å². The number of benzene rings is 2. The Labute approximate surface area is 279 Å². The summed E-state index contributed by atoms with van der Waals surface area (Å²) in [5.41, 5.74) is 5.59. The van der Waals surface area contributed by atoms with Gasteiger partial charge in [-0.3, -0.25) is 15.0 Å². The largest absolute Gasteiger partial charge is 0.508 e. The zero-order chi connectivity index (χ0) is 35.1. The average molecular weight is 684 g/mol. The van der Waals surface area contributed by atoms with Crippen LogP contribution in [0.25, 0.3) is 21.9 Å². The molecule has 3 heterocycles. The van der Waals surface area contributed by atoms with Gasteiger partial charge in [-0.25, -0.2) is 19.8 Å². The van der Waals surface area contributed by atoms with E-state index in [2.05, 4.69) is 15.8 Å². The van der Waals surface area contributed by atoms with E-state index in [4.69, 9.17) is 30.2 Å². The van der Waals surface area contributed by atoms with Crippen LogP contribution in [0.15, 0.2) is 34.7 Å². The van der Waals surface area contributed by atoms with Crippen molar-refractivity contribution in [1.29, 1.82) is 0 Å². The standard InChI is InChI=1S/C32H34ClN5O10/c1-15-24(29(42)45-6)26-25-17(12-33)13-38(28(41)22-10-16-9-18(39)7-8-20(16)46-22)19(25)11-21(27(26)34-15)47-31(44)37(5)14-23(40)35-36-30(43)48-32(2,3)4/h7-11,17,34,39H,12-14H2,1-6H3,(H,35,40)(H,36,43)/t17-/m1/s1. The number of hydrogen-bond donors (Lipinski definition) is 4. The first-order valence-electron chi connectivity index (χ1n) is 14.7. The summed E-state index contributed by atoms with van der Waals surface area (Å²) in [6, 6.07) is 7.42. The van der Waals surface area contributed by atoms with Gasteiger partial charge in [0.2, 0.25) is 0 Å². The van der Waals surface area contributed by atoms with Crippen LogP contribution in [-0.2, 0) is 14.3 Å². The Kier molecular flexibility index (Phi) is 9.17. The predicted molar refractivity (Wildman–Crippen MR) is 174 cm³/mol. The van der Waals surface area contributed by atoms with Gasteiger partial charge in [0.05, 0.1) is 23.9 Å². The monoisotopic (exact) mass is 683 g/mol. The second kappa shape index (κ2) is 13.0. The normalized spacial score (nSPS) is 14.1. The van der Waals surface area contributed by atoms with Crippen molar-refractivity contribution in [3.05, 3.63) is 52.9 Å². The first kappa shape index (κ1) is 33.9. The van der Waals surface area contributed by atoms with E-state index in [1.165, 1.54) is 49.4 Å². The molecule has 4 amide bonds. The lowest BCUT2D eigenvalue weighted by Gasteiger charge is -2.21. The molecule has 0 unspecified atom stereocenters. The summed E-state index contributed by atoms with van der Waals surface area (Å²) in [4.78, 5) is 70.0. The summed E-state index contributed by atoms with van der Waals surface area (Å²) in [6.45, 7) is 6.22. The number of alkyl halides is 1. The zero-order valence-electron chi connectivity index (χ0n) is 27.0. The lowest BCUT2D eigenvalue weighted by Crippen LogP contribution is -2.48. The van der Waals surface area contributed by atoms with Crippen molar-refractivity contribution in [1.82, 2.24) is 20.7 Å². The van der Waals surface area contributed by atoms with Crippen molar-refractivity contribution in [3.8, 4) is 11.5 Å². The molecule has 0 spiro atoms. The van der Waals surface area contributed by atoms with Crippen LogP contribution in [-0.4, -0.2) is 83.7 Å². The average Bonchev–Trinajstić information content (AvgIpc) is 3.71. The molecule has 254 valence electrons. The highest BCUT2D eigenvalue weighted by molar-refractivity contribution is 6.20. The number of phenolic OH excluding ortho intramolecular Hbond substituents is 1. The van der Waals surface area contributed by atoms with E-state index in [0.717, 1.165) is 4.90 Å². The number of aromatic amines is 1. The van der Waals surface area contributed by atoms with Gasteiger partial charge in [-0.2, -0.15) is 0 Å². The lowest BCUT2D eigenvalue weighted by atomic mass is 9.95. The highest BCUT2D eigenvalue weighted by atomic mass is 35.5. The minimum absolute atomic E-state index is 0.00444. The number of halogens is 1. The van der Waals surface area contributed by atoms with Gasteiger partial charge in [-0.1, -0.05) is 0 Å². The first-order chi connectivity index (χ1) is 22.6. The third-order valence-electron chi connectivity index (χ3n) is 7.47. The molecule has 48 heavy (non-hydrogen) atoms. The van der Waals surface area contributed by atoms with Gasteiger partial charge >= 0.3 is 18.2 Å². The molecule has 0 saturated heterocycles. The van der Waals surface area contributed by atoms with E-state index in [9.17, 15) is 29.1 Å². The van der Waals surface area contributed by atoms with Gasteiger partial charge in [0.25, 0.3) is 11.8 Å². The molecular formula is C32H34ClN5O10. The number of carbonyl (C=O) groups is 5. The maximum Gasteiger partial charge on any atom is 0.426 e. The highest BCUT2D eigenvalue weighted by Gasteiger charge is 2.39. The number of fused-ring (bicyclic) bond motifs is 4. The molecule has 0 radical (unpaired) electrons. The molecule has 5 rings (SSSR count). The van der Waals surface area contributed by atoms with Crippen LogP contribution in [0.5, 0.6) is 11.5 Å². The number of nitrogens with one attached hydrogen (secondary N) is 3. The molecule has 1 aliphatic heterocycles. The fraction of sp³-hybridized carbons (Fsp3) is 0.344. The predicted octanol–water partition coefficient (Wildman–Crippen LogP) is 4.68. The Morgan fingerprint density at radius 1 is 1.15 bits per heavy atom. The molecule has 15 nitrogen and oxygen atoms in total. The van der Waals surface area contributed by atoms with Gasteiger partial charge in [0.1, 0.15) is 23.5 Å². The molecular weight excluding hydrogens is 650 g/mol. The zero-order valence-corrected chi connectivity index (χ0v) is 27.7. The van der Waals surface area contributed by atoms with Crippen molar-refractivity contribution < 1.29 is 47.7 Å². The van der Waals surface area contributed by atoms with Gasteiger partial charge in [-0.05, 0) is 57.5 Å². The smallest absolute Gasteiger partial charge is 0.426 e. The number of esters is 1. The number of aryl methyl sites for hydroxylation is 1. The molecule has 16 heteroatoms. The number of nitrogens with zero attached hydrogens (tertiary/aromatic N) is 2. The van der Waals surface area contributed by atoms with Crippen molar-refractivity contribution in [3.63, 3.8) is 0 Å². The maximum atomic E-state index is 13.9. The van der Waals surface area contributed by atoms with Gasteiger partial charge < -0.3 is 38.5 Å². The number of amides is 4. The van der Waals surface area contributed by atoms with Crippen LogP contribution < -0.4 is 20.5 Å². The molecule has 0 bridgehead atoms. The lowest BCUT2D eigenvalue weighted by molar-refractivity contribution is -0.122. The Bertz CT molecular complexity index is 1960. The molecule has 4 aromatic rings. The highest BCUT2D eigenvalue weighted by Crippen LogP contribution is 2.48. The molecule has 0 saturated carbocycles. The second-order valence-electron chi connectivity index (χ2n) is 12.2. The Hall–Kier alpha value is -5.44. The summed E-state index contributed by atoms with van der Waals surface area (Å²) in [5, 5.41) is 10.7. The minimum Gasteiger partial charge on any atom is -0.508 e. The molecule has 1 aliphatic rings. The minimum atomic E-state index is -0.961. The number of methoxy groups -OCH3 is 1. The second-order valence-corrected chi connectivity index (χ2v) is 12.5. The fourth-order valence-electron chi connectivity index (χ4n) is 5.47. The van der Waals surface area contributed by atoms with E-state index in [1.807, 2.05) is 0 Å².